The normalized spacial score (nSPS) is 15.2. The Bertz CT molecular complexity index is 322. The van der Waals surface area contributed by atoms with E-state index in [1.54, 1.807) is 0 Å². The lowest BCUT2D eigenvalue weighted by Crippen LogP contribution is -2.20. The van der Waals surface area contributed by atoms with Crippen LogP contribution in [0.3, 0.4) is 0 Å². The second kappa shape index (κ2) is 7.49. The molecule has 3 nitrogen and oxygen atoms in total. The molecule has 1 aliphatic carbocycles. The highest BCUT2D eigenvalue weighted by molar-refractivity contribution is 5.07. The number of hydrogen-bond acceptors (Lipinski definition) is 3. The zero-order valence-corrected chi connectivity index (χ0v) is 11.4. The highest BCUT2D eigenvalue weighted by Gasteiger charge is 2.19. The van der Waals surface area contributed by atoms with Gasteiger partial charge in [0.15, 0.2) is 0 Å². The fourth-order valence-corrected chi connectivity index (χ4v) is 2.16. The van der Waals surface area contributed by atoms with Gasteiger partial charge in [0.1, 0.15) is 0 Å². The standard InChI is InChI=1S/C15H25N3/c1-18(13-14-6-5-9-16-12-14)11-4-2-3-10-17-15-7-8-15/h5-6,9,12,15,17H,2-4,7-8,10-11,13H2,1H3. The molecule has 0 radical (unpaired) electrons. The quantitative estimate of drug-likeness (QED) is 0.679. The minimum absolute atomic E-state index is 0.859. The molecule has 0 bridgehead atoms. The van der Waals surface area contributed by atoms with E-state index in [1.807, 2.05) is 18.5 Å². The van der Waals surface area contributed by atoms with Crippen LogP contribution in [0.2, 0.25) is 0 Å². The first-order valence-electron chi connectivity index (χ1n) is 7.15. The number of pyridine rings is 1. The van der Waals surface area contributed by atoms with Crippen molar-refractivity contribution in [3.05, 3.63) is 30.1 Å². The van der Waals surface area contributed by atoms with Gasteiger partial charge in [-0.3, -0.25) is 4.98 Å². The molecule has 0 atom stereocenters. The zero-order valence-electron chi connectivity index (χ0n) is 11.4. The first-order chi connectivity index (χ1) is 8.84. The highest BCUT2D eigenvalue weighted by Crippen LogP contribution is 2.18. The van der Waals surface area contributed by atoms with Crippen molar-refractivity contribution in [1.29, 1.82) is 0 Å². The summed E-state index contributed by atoms with van der Waals surface area (Å²) in [5.74, 6) is 0. The first-order valence-corrected chi connectivity index (χ1v) is 7.15. The van der Waals surface area contributed by atoms with Crippen LogP contribution in [0.25, 0.3) is 0 Å². The molecular weight excluding hydrogens is 222 g/mol. The molecule has 0 spiro atoms. The van der Waals surface area contributed by atoms with Gasteiger partial charge in [-0.15, -0.1) is 0 Å². The predicted molar refractivity (Wildman–Crippen MR) is 75.4 cm³/mol. The minimum Gasteiger partial charge on any atom is -0.314 e. The van der Waals surface area contributed by atoms with Crippen LogP contribution < -0.4 is 5.32 Å². The number of rotatable bonds is 9. The van der Waals surface area contributed by atoms with Gasteiger partial charge in [0.25, 0.3) is 0 Å². The summed E-state index contributed by atoms with van der Waals surface area (Å²) in [5, 5.41) is 3.56. The Balaban J connectivity index is 1.47. The van der Waals surface area contributed by atoms with E-state index in [0.717, 1.165) is 12.6 Å². The van der Waals surface area contributed by atoms with Gasteiger partial charge in [-0.2, -0.15) is 0 Å². The highest BCUT2D eigenvalue weighted by atomic mass is 15.1. The molecule has 18 heavy (non-hydrogen) atoms. The summed E-state index contributed by atoms with van der Waals surface area (Å²) in [7, 11) is 2.19. The van der Waals surface area contributed by atoms with Crippen LogP contribution in [0.15, 0.2) is 24.5 Å². The Morgan fingerprint density at radius 3 is 2.94 bits per heavy atom. The van der Waals surface area contributed by atoms with Crippen LogP contribution in [0.5, 0.6) is 0 Å². The number of nitrogens with one attached hydrogen (secondary N) is 1. The summed E-state index contributed by atoms with van der Waals surface area (Å²) in [6, 6.07) is 5.01. The average Bonchev–Trinajstić information content (AvgIpc) is 3.19. The van der Waals surface area contributed by atoms with Crippen molar-refractivity contribution in [3.63, 3.8) is 0 Å². The fraction of sp³-hybridized carbons (Fsp3) is 0.667. The molecule has 1 aliphatic rings. The molecule has 1 aromatic rings. The number of nitrogens with zero attached hydrogens (tertiary/aromatic N) is 2. The lowest BCUT2D eigenvalue weighted by atomic mass is 10.2. The lowest BCUT2D eigenvalue weighted by Gasteiger charge is -2.16. The summed E-state index contributed by atoms with van der Waals surface area (Å²) in [6.45, 7) is 3.39. The molecular formula is C15H25N3. The van der Waals surface area contributed by atoms with Gasteiger partial charge >= 0.3 is 0 Å². The van der Waals surface area contributed by atoms with Crippen molar-refractivity contribution in [2.75, 3.05) is 20.1 Å². The van der Waals surface area contributed by atoms with Crippen molar-refractivity contribution in [3.8, 4) is 0 Å². The van der Waals surface area contributed by atoms with Gasteiger partial charge < -0.3 is 10.2 Å². The lowest BCUT2D eigenvalue weighted by molar-refractivity contribution is 0.316. The van der Waals surface area contributed by atoms with Crippen LogP contribution in [0, 0.1) is 0 Å². The maximum atomic E-state index is 4.15. The van der Waals surface area contributed by atoms with E-state index < -0.39 is 0 Å². The van der Waals surface area contributed by atoms with Gasteiger partial charge in [-0.25, -0.2) is 0 Å². The van der Waals surface area contributed by atoms with Gasteiger partial charge in [0, 0.05) is 25.0 Å². The van der Waals surface area contributed by atoms with Gasteiger partial charge in [0.2, 0.25) is 0 Å². The molecule has 0 unspecified atom stereocenters. The molecule has 0 amide bonds. The third kappa shape index (κ3) is 5.61. The minimum atomic E-state index is 0.859. The van der Waals surface area contributed by atoms with Crippen LogP contribution in [0.4, 0.5) is 0 Å². The maximum absolute atomic E-state index is 4.15. The number of hydrogen-bond donors (Lipinski definition) is 1. The van der Waals surface area contributed by atoms with Gasteiger partial charge in [-0.05, 0) is 57.5 Å². The molecule has 3 heteroatoms. The summed E-state index contributed by atoms with van der Waals surface area (Å²) in [5.41, 5.74) is 1.30. The van der Waals surface area contributed by atoms with E-state index >= 15 is 0 Å². The Hall–Kier alpha value is -0.930. The van der Waals surface area contributed by atoms with Crippen LogP contribution in [0.1, 0.15) is 37.7 Å². The van der Waals surface area contributed by atoms with Crippen molar-refractivity contribution in [2.45, 2.75) is 44.7 Å². The van der Waals surface area contributed by atoms with E-state index in [9.17, 15) is 0 Å². The molecule has 1 fully saturated rings. The molecule has 1 heterocycles. The Kier molecular flexibility index (Phi) is 5.62. The van der Waals surface area contributed by atoms with Gasteiger partial charge in [0.05, 0.1) is 0 Å². The summed E-state index contributed by atoms with van der Waals surface area (Å²) in [6.07, 6.45) is 10.5. The number of unbranched alkanes of at least 4 members (excludes halogenated alkanes) is 2. The fourth-order valence-electron chi connectivity index (χ4n) is 2.16. The SMILES string of the molecule is CN(CCCCCNC1CC1)Cc1cccnc1. The van der Waals surface area contributed by atoms with E-state index in [-0.39, 0.29) is 0 Å². The second-order valence-electron chi connectivity index (χ2n) is 5.39. The molecule has 0 saturated heterocycles. The Labute approximate surface area is 111 Å². The van der Waals surface area contributed by atoms with Crippen LogP contribution >= 0.6 is 0 Å². The van der Waals surface area contributed by atoms with Crippen molar-refractivity contribution in [2.24, 2.45) is 0 Å². The van der Waals surface area contributed by atoms with Crippen molar-refractivity contribution >= 4 is 0 Å². The molecule has 1 N–H and O–H groups in total. The molecule has 1 saturated carbocycles. The summed E-state index contributed by atoms with van der Waals surface area (Å²) >= 11 is 0. The molecule has 100 valence electrons. The molecule has 2 rings (SSSR count). The first kappa shape index (κ1) is 13.5. The smallest absolute Gasteiger partial charge is 0.0312 e. The third-order valence-electron chi connectivity index (χ3n) is 3.40. The van der Waals surface area contributed by atoms with E-state index in [1.165, 1.54) is 50.8 Å². The molecule has 0 aromatic carbocycles. The second-order valence-corrected chi connectivity index (χ2v) is 5.39. The average molecular weight is 247 g/mol. The van der Waals surface area contributed by atoms with E-state index in [2.05, 4.69) is 28.3 Å². The molecule has 1 aromatic heterocycles. The number of aromatic nitrogens is 1. The largest absolute Gasteiger partial charge is 0.314 e. The van der Waals surface area contributed by atoms with Crippen LogP contribution in [-0.2, 0) is 6.54 Å². The zero-order chi connectivity index (χ0) is 12.6. The molecule has 0 aliphatic heterocycles. The summed E-state index contributed by atoms with van der Waals surface area (Å²) in [4.78, 5) is 6.53. The van der Waals surface area contributed by atoms with Crippen molar-refractivity contribution in [1.82, 2.24) is 15.2 Å². The van der Waals surface area contributed by atoms with Crippen molar-refractivity contribution < 1.29 is 0 Å². The van der Waals surface area contributed by atoms with E-state index in [4.69, 9.17) is 0 Å². The predicted octanol–water partition coefficient (Wildman–Crippen LogP) is 2.44. The Morgan fingerprint density at radius 1 is 1.33 bits per heavy atom. The Morgan fingerprint density at radius 2 is 2.22 bits per heavy atom. The van der Waals surface area contributed by atoms with E-state index in [0.29, 0.717) is 0 Å². The summed E-state index contributed by atoms with van der Waals surface area (Å²) < 4.78 is 0. The van der Waals surface area contributed by atoms with Crippen LogP contribution in [-0.4, -0.2) is 36.1 Å². The monoisotopic (exact) mass is 247 g/mol. The maximum Gasteiger partial charge on any atom is 0.0312 e. The third-order valence-corrected chi connectivity index (χ3v) is 3.40. The van der Waals surface area contributed by atoms with Gasteiger partial charge in [-0.1, -0.05) is 12.5 Å². The topological polar surface area (TPSA) is 28.2 Å².